The Morgan fingerprint density at radius 2 is 2.14 bits per heavy atom. The normalized spacial score (nSPS) is 20.4. The van der Waals surface area contributed by atoms with E-state index >= 15 is 0 Å². The Morgan fingerprint density at radius 3 is 2.76 bits per heavy atom. The Kier molecular flexibility index (Phi) is 4.83. The maximum Gasteiger partial charge on any atom is 0.410 e. The Balaban J connectivity index is 1.86. The van der Waals surface area contributed by atoms with E-state index in [-0.39, 0.29) is 12.1 Å². The lowest BCUT2D eigenvalue weighted by atomic mass is 9.94. The Bertz CT molecular complexity index is 470. The summed E-state index contributed by atoms with van der Waals surface area (Å²) in [5.41, 5.74) is 7.04. The number of pyridine rings is 1. The van der Waals surface area contributed by atoms with Gasteiger partial charge >= 0.3 is 6.09 Å². The van der Waals surface area contributed by atoms with Crippen LogP contribution in [0.4, 0.5) is 4.79 Å². The van der Waals surface area contributed by atoms with Gasteiger partial charge in [-0.2, -0.15) is 0 Å². The largest absolute Gasteiger partial charge is 0.444 e. The van der Waals surface area contributed by atoms with Gasteiger partial charge in [0.1, 0.15) is 5.60 Å². The minimum atomic E-state index is -0.450. The lowest BCUT2D eigenvalue weighted by molar-refractivity contribution is 0.0286. The summed E-state index contributed by atoms with van der Waals surface area (Å²) >= 11 is 0. The molecule has 1 aromatic rings. The van der Waals surface area contributed by atoms with Crippen molar-refractivity contribution in [2.45, 2.75) is 45.3 Å². The van der Waals surface area contributed by atoms with E-state index in [0.717, 1.165) is 19.4 Å². The van der Waals surface area contributed by atoms with Crippen LogP contribution >= 0.6 is 0 Å². The van der Waals surface area contributed by atoms with Crippen molar-refractivity contribution < 1.29 is 9.53 Å². The summed E-state index contributed by atoms with van der Waals surface area (Å²) in [5, 5.41) is 0. The molecule has 2 unspecified atom stereocenters. The molecule has 0 spiro atoms. The molecule has 1 aliphatic rings. The van der Waals surface area contributed by atoms with Gasteiger partial charge in [0.05, 0.1) is 0 Å². The molecule has 116 valence electrons. The van der Waals surface area contributed by atoms with Crippen LogP contribution in [0.25, 0.3) is 0 Å². The van der Waals surface area contributed by atoms with Crippen molar-refractivity contribution in [2.75, 3.05) is 13.1 Å². The topological polar surface area (TPSA) is 68.5 Å². The monoisotopic (exact) mass is 291 g/mol. The van der Waals surface area contributed by atoms with E-state index < -0.39 is 5.60 Å². The summed E-state index contributed by atoms with van der Waals surface area (Å²) in [4.78, 5) is 17.8. The molecule has 1 amide bonds. The van der Waals surface area contributed by atoms with E-state index in [0.29, 0.717) is 12.5 Å². The number of nitrogens with two attached hydrogens (primary N) is 1. The van der Waals surface area contributed by atoms with Crippen LogP contribution in [0.15, 0.2) is 24.5 Å². The van der Waals surface area contributed by atoms with Crippen LogP contribution in [0.1, 0.15) is 32.8 Å². The molecule has 2 heterocycles. The second-order valence-electron chi connectivity index (χ2n) is 6.70. The molecule has 0 saturated carbocycles. The molecular formula is C16H25N3O2. The van der Waals surface area contributed by atoms with Crippen LogP contribution in [-0.2, 0) is 11.2 Å². The first-order chi connectivity index (χ1) is 9.85. The number of rotatable bonds is 3. The van der Waals surface area contributed by atoms with Gasteiger partial charge in [0.25, 0.3) is 0 Å². The average molecular weight is 291 g/mol. The van der Waals surface area contributed by atoms with Crippen LogP contribution in [0.3, 0.4) is 0 Å². The zero-order chi connectivity index (χ0) is 15.5. The fourth-order valence-electron chi connectivity index (χ4n) is 2.59. The van der Waals surface area contributed by atoms with Crippen molar-refractivity contribution in [2.24, 2.45) is 11.7 Å². The minimum absolute atomic E-state index is 0.0554. The van der Waals surface area contributed by atoms with Crippen molar-refractivity contribution in [3.63, 3.8) is 0 Å². The number of nitrogens with zero attached hydrogens (tertiary/aromatic N) is 2. The van der Waals surface area contributed by atoms with E-state index in [1.807, 2.05) is 32.9 Å². The van der Waals surface area contributed by atoms with Gasteiger partial charge in [-0.15, -0.1) is 0 Å². The molecule has 1 aliphatic heterocycles. The maximum atomic E-state index is 12.0. The minimum Gasteiger partial charge on any atom is -0.444 e. The van der Waals surface area contributed by atoms with Crippen LogP contribution in [0.5, 0.6) is 0 Å². The summed E-state index contributed by atoms with van der Waals surface area (Å²) in [6.07, 6.45) is 5.08. The molecular weight excluding hydrogens is 266 g/mol. The van der Waals surface area contributed by atoms with Crippen LogP contribution < -0.4 is 5.73 Å². The fourth-order valence-corrected chi connectivity index (χ4v) is 2.59. The molecule has 0 bridgehead atoms. The van der Waals surface area contributed by atoms with Crippen LogP contribution in [-0.4, -0.2) is 40.7 Å². The average Bonchev–Trinajstić information content (AvgIpc) is 2.87. The van der Waals surface area contributed by atoms with Crippen molar-refractivity contribution in [1.82, 2.24) is 9.88 Å². The number of ether oxygens (including phenoxy) is 1. The van der Waals surface area contributed by atoms with Gasteiger partial charge in [0, 0.05) is 31.5 Å². The Hall–Kier alpha value is -1.62. The number of aromatic nitrogens is 1. The number of carbonyl (C=O) groups excluding carboxylic acids is 1. The van der Waals surface area contributed by atoms with Crippen molar-refractivity contribution in [3.8, 4) is 0 Å². The molecule has 2 rings (SSSR count). The summed E-state index contributed by atoms with van der Waals surface area (Å²) in [5.74, 6) is 0.325. The predicted octanol–water partition coefficient (Wildman–Crippen LogP) is 2.21. The second-order valence-corrected chi connectivity index (χ2v) is 6.70. The number of likely N-dealkylation sites (tertiary alicyclic amines) is 1. The number of hydrogen-bond acceptors (Lipinski definition) is 4. The molecule has 0 aliphatic carbocycles. The number of hydrogen-bond donors (Lipinski definition) is 1. The third kappa shape index (κ3) is 4.70. The van der Waals surface area contributed by atoms with Crippen LogP contribution in [0, 0.1) is 5.92 Å². The van der Waals surface area contributed by atoms with Crippen molar-refractivity contribution in [3.05, 3.63) is 30.1 Å². The zero-order valence-corrected chi connectivity index (χ0v) is 13.1. The lowest BCUT2D eigenvalue weighted by Gasteiger charge is -2.25. The molecule has 5 nitrogen and oxygen atoms in total. The van der Waals surface area contributed by atoms with Crippen molar-refractivity contribution >= 4 is 6.09 Å². The first-order valence-corrected chi connectivity index (χ1v) is 7.47. The van der Waals surface area contributed by atoms with E-state index in [1.165, 1.54) is 5.56 Å². The van der Waals surface area contributed by atoms with Gasteiger partial charge in [-0.3, -0.25) is 4.98 Å². The highest BCUT2D eigenvalue weighted by Gasteiger charge is 2.32. The lowest BCUT2D eigenvalue weighted by Crippen LogP contribution is -2.38. The summed E-state index contributed by atoms with van der Waals surface area (Å²) in [6.45, 7) is 7.06. The highest BCUT2D eigenvalue weighted by Crippen LogP contribution is 2.23. The van der Waals surface area contributed by atoms with Gasteiger partial charge in [-0.25, -0.2) is 4.79 Å². The number of carbonyl (C=O) groups is 1. The predicted molar refractivity (Wildman–Crippen MR) is 81.8 cm³/mol. The first kappa shape index (κ1) is 15.8. The molecule has 1 aromatic heterocycles. The van der Waals surface area contributed by atoms with Crippen LogP contribution in [0.2, 0.25) is 0 Å². The highest BCUT2D eigenvalue weighted by atomic mass is 16.6. The van der Waals surface area contributed by atoms with Crippen molar-refractivity contribution in [1.29, 1.82) is 0 Å². The molecule has 1 saturated heterocycles. The van der Waals surface area contributed by atoms with Gasteiger partial charge in [-0.05, 0) is 57.2 Å². The summed E-state index contributed by atoms with van der Waals surface area (Å²) in [6, 6.07) is 4.03. The van der Waals surface area contributed by atoms with Gasteiger partial charge in [0.2, 0.25) is 0 Å². The SMILES string of the molecule is CC(C)(C)OC(=O)N1CCC(C(N)Cc2ccncc2)C1. The van der Waals surface area contributed by atoms with Gasteiger partial charge in [0.15, 0.2) is 0 Å². The third-order valence-electron chi connectivity index (χ3n) is 3.70. The smallest absolute Gasteiger partial charge is 0.410 e. The molecule has 21 heavy (non-hydrogen) atoms. The van der Waals surface area contributed by atoms with Gasteiger partial charge in [-0.1, -0.05) is 0 Å². The molecule has 1 fully saturated rings. The van der Waals surface area contributed by atoms with E-state index in [4.69, 9.17) is 10.5 Å². The standard InChI is InChI=1S/C16H25N3O2/c1-16(2,3)21-15(20)19-9-6-13(11-19)14(17)10-12-4-7-18-8-5-12/h4-5,7-8,13-14H,6,9-11,17H2,1-3H3. The number of amides is 1. The summed E-state index contributed by atoms with van der Waals surface area (Å²) < 4.78 is 5.41. The third-order valence-corrected chi connectivity index (χ3v) is 3.70. The molecule has 0 radical (unpaired) electrons. The van der Waals surface area contributed by atoms with E-state index in [1.54, 1.807) is 17.3 Å². The Morgan fingerprint density at radius 1 is 1.48 bits per heavy atom. The molecule has 0 aromatic carbocycles. The quantitative estimate of drug-likeness (QED) is 0.927. The zero-order valence-electron chi connectivity index (χ0n) is 13.1. The highest BCUT2D eigenvalue weighted by molar-refractivity contribution is 5.68. The van der Waals surface area contributed by atoms with E-state index in [2.05, 4.69) is 4.98 Å². The maximum absolute atomic E-state index is 12.0. The molecule has 2 N–H and O–H groups in total. The van der Waals surface area contributed by atoms with Gasteiger partial charge < -0.3 is 15.4 Å². The first-order valence-electron chi connectivity index (χ1n) is 7.47. The second kappa shape index (κ2) is 6.43. The molecule has 5 heteroatoms. The summed E-state index contributed by atoms with van der Waals surface area (Å²) in [7, 11) is 0. The fraction of sp³-hybridized carbons (Fsp3) is 0.625. The van der Waals surface area contributed by atoms with E-state index in [9.17, 15) is 4.79 Å². The Labute approximate surface area is 126 Å². The molecule has 2 atom stereocenters.